The molecule has 8 aliphatic rings. The van der Waals surface area contributed by atoms with Crippen molar-refractivity contribution >= 4 is 5.84 Å². The summed E-state index contributed by atoms with van der Waals surface area (Å²) in [5.74, 6) is 7.07. The van der Waals surface area contributed by atoms with E-state index in [1.165, 1.54) is 88.4 Å². The molecule has 0 radical (unpaired) electrons. The van der Waals surface area contributed by atoms with Gasteiger partial charge in [0.2, 0.25) is 0 Å². The van der Waals surface area contributed by atoms with Crippen LogP contribution in [-0.4, -0.2) is 16.9 Å². The van der Waals surface area contributed by atoms with Gasteiger partial charge in [0.05, 0.1) is 5.54 Å². The fourth-order valence-corrected chi connectivity index (χ4v) is 9.71. The number of hydrogen-bond donors (Lipinski definition) is 1. The van der Waals surface area contributed by atoms with Gasteiger partial charge in [-0.3, -0.25) is 4.99 Å². The molecule has 0 saturated heterocycles. The van der Waals surface area contributed by atoms with E-state index in [1.54, 1.807) is 0 Å². The van der Waals surface area contributed by atoms with Crippen LogP contribution in [0.1, 0.15) is 82.6 Å². The molecule has 2 nitrogen and oxygen atoms in total. The molecule has 0 aliphatic heterocycles. The number of rotatable bonds is 3. The average molecular weight is 389 g/mol. The van der Waals surface area contributed by atoms with Crippen LogP contribution in [0.3, 0.4) is 0 Å². The monoisotopic (exact) mass is 388 g/mol. The van der Waals surface area contributed by atoms with Crippen molar-refractivity contribution in [2.75, 3.05) is 0 Å². The molecule has 0 heterocycles. The first-order chi connectivity index (χ1) is 14.1. The summed E-state index contributed by atoms with van der Waals surface area (Å²) in [5.41, 5.74) is 1.92. The molecule has 8 fully saturated rings. The molecule has 0 atom stereocenters. The molecule has 0 unspecified atom stereocenters. The van der Waals surface area contributed by atoms with Gasteiger partial charge < -0.3 is 5.32 Å². The zero-order valence-electron chi connectivity index (χ0n) is 17.8. The second-order valence-corrected chi connectivity index (χ2v) is 12.3. The molecule has 154 valence electrons. The van der Waals surface area contributed by atoms with Crippen molar-refractivity contribution in [2.24, 2.45) is 40.5 Å². The van der Waals surface area contributed by atoms with Crippen LogP contribution in [0.2, 0.25) is 0 Å². The van der Waals surface area contributed by atoms with E-state index in [1.807, 2.05) is 0 Å². The second kappa shape index (κ2) is 6.11. The Morgan fingerprint density at radius 2 is 1.10 bits per heavy atom. The molecule has 8 saturated carbocycles. The number of benzene rings is 1. The highest BCUT2D eigenvalue weighted by Gasteiger charge is 2.53. The van der Waals surface area contributed by atoms with E-state index in [9.17, 15) is 0 Å². The molecule has 9 rings (SSSR count). The normalized spacial score (nSPS) is 49.6. The molecule has 2 heteroatoms. The van der Waals surface area contributed by atoms with Crippen molar-refractivity contribution in [3.05, 3.63) is 35.9 Å². The molecule has 8 bridgehead atoms. The van der Waals surface area contributed by atoms with Gasteiger partial charge >= 0.3 is 0 Å². The van der Waals surface area contributed by atoms with E-state index in [-0.39, 0.29) is 5.54 Å². The van der Waals surface area contributed by atoms with Gasteiger partial charge in [-0.15, -0.1) is 0 Å². The lowest BCUT2D eigenvalue weighted by atomic mass is 9.52. The minimum Gasteiger partial charge on any atom is -0.364 e. The third-order valence-electron chi connectivity index (χ3n) is 9.82. The van der Waals surface area contributed by atoms with Crippen molar-refractivity contribution in [1.82, 2.24) is 5.32 Å². The molecule has 1 aromatic rings. The molecule has 1 aromatic carbocycles. The van der Waals surface area contributed by atoms with Gasteiger partial charge in [0, 0.05) is 11.1 Å². The summed E-state index contributed by atoms with van der Waals surface area (Å²) in [5, 5.41) is 4.20. The molecule has 1 N–H and O–H groups in total. The van der Waals surface area contributed by atoms with Gasteiger partial charge in [-0.2, -0.15) is 0 Å². The van der Waals surface area contributed by atoms with E-state index in [2.05, 4.69) is 35.6 Å². The van der Waals surface area contributed by atoms with Gasteiger partial charge in [0.15, 0.2) is 0 Å². The van der Waals surface area contributed by atoms with Crippen LogP contribution in [0.15, 0.2) is 35.3 Å². The van der Waals surface area contributed by atoms with Crippen LogP contribution in [0, 0.1) is 35.5 Å². The molecule has 29 heavy (non-hydrogen) atoms. The maximum absolute atomic E-state index is 5.72. The van der Waals surface area contributed by atoms with E-state index in [0.29, 0.717) is 5.54 Å². The van der Waals surface area contributed by atoms with E-state index in [0.717, 1.165) is 35.5 Å². The third-order valence-corrected chi connectivity index (χ3v) is 9.82. The zero-order chi connectivity index (χ0) is 19.1. The molecular weight excluding hydrogens is 352 g/mol. The average Bonchev–Trinajstić information content (AvgIpc) is 2.65. The molecule has 0 amide bonds. The Hall–Kier alpha value is -1.31. The Kier molecular flexibility index (Phi) is 3.66. The van der Waals surface area contributed by atoms with E-state index >= 15 is 0 Å². The molecular formula is C27H36N2. The minimum atomic E-state index is 0.245. The SMILES string of the molecule is c1ccc(/C(=N\C23CC4CC(CC(C4)C2)C3)NC23CC4CC(CC(C4)C2)C3)cc1. The predicted molar refractivity (Wildman–Crippen MR) is 118 cm³/mol. The summed E-state index contributed by atoms with van der Waals surface area (Å²) in [6, 6.07) is 11.1. The van der Waals surface area contributed by atoms with Crippen molar-refractivity contribution in [3.63, 3.8) is 0 Å². The smallest absolute Gasteiger partial charge is 0.129 e. The Morgan fingerprint density at radius 1 is 0.655 bits per heavy atom. The van der Waals surface area contributed by atoms with Crippen LogP contribution in [0.5, 0.6) is 0 Å². The van der Waals surface area contributed by atoms with Crippen molar-refractivity contribution in [1.29, 1.82) is 0 Å². The van der Waals surface area contributed by atoms with E-state index in [4.69, 9.17) is 4.99 Å². The first-order valence-corrected chi connectivity index (χ1v) is 12.6. The molecule has 0 aromatic heterocycles. The van der Waals surface area contributed by atoms with Crippen LogP contribution in [0.4, 0.5) is 0 Å². The van der Waals surface area contributed by atoms with E-state index < -0.39 is 0 Å². The number of nitrogens with zero attached hydrogens (tertiary/aromatic N) is 1. The van der Waals surface area contributed by atoms with Gasteiger partial charge in [-0.1, -0.05) is 30.3 Å². The minimum absolute atomic E-state index is 0.245. The quantitative estimate of drug-likeness (QED) is 0.501. The lowest BCUT2D eigenvalue weighted by molar-refractivity contribution is -0.0116. The predicted octanol–water partition coefficient (Wildman–Crippen LogP) is 5.96. The maximum atomic E-state index is 5.72. The molecule has 0 spiro atoms. The Balaban J connectivity index is 1.26. The lowest BCUT2D eigenvalue weighted by Gasteiger charge is -2.58. The fourth-order valence-electron chi connectivity index (χ4n) is 9.71. The van der Waals surface area contributed by atoms with Gasteiger partial charge in [-0.25, -0.2) is 0 Å². The van der Waals surface area contributed by atoms with Gasteiger partial charge in [0.1, 0.15) is 5.84 Å². The second-order valence-electron chi connectivity index (χ2n) is 12.3. The van der Waals surface area contributed by atoms with Gasteiger partial charge in [0.25, 0.3) is 0 Å². The van der Waals surface area contributed by atoms with Crippen molar-refractivity contribution in [3.8, 4) is 0 Å². The Morgan fingerprint density at radius 3 is 1.59 bits per heavy atom. The Labute approximate surface area is 176 Å². The van der Waals surface area contributed by atoms with Crippen molar-refractivity contribution in [2.45, 2.75) is 88.1 Å². The topological polar surface area (TPSA) is 24.4 Å². The van der Waals surface area contributed by atoms with Crippen molar-refractivity contribution < 1.29 is 0 Å². The summed E-state index contributed by atoms with van der Waals surface area (Å²) in [4.78, 5) is 5.72. The first-order valence-electron chi connectivity index (χ1n) is 12.6. The standard InChI is InChI=1S/C27H36N2/c1-2-4-24(5-3-1)25(28-26-12-18-6-19(13-26)8-20(7-18)14-26)29-27-15-21-9-22(16-27)11-23(10-21)17-27/h1-5,18-23H,6-17H2,(H,28,29). The molecule has 8 aliphatic carbocycles. The first kappa shape index (κ1) is 17.4. The number of nitrogens with one attached hydrogen (secondary N) is 1. The highest BCUT2D eigenvalue weighted by atomic mass is 15.1. The van der Waals surface area contributed by atoms with Crippen LogP contribution < -0.4 is 5.32 Å². The third kappa shape index (κ3) is 2.92. The summed E-state index contributed by atoms with van der Waals surface area (Å²) >= 11 is 0. The highest BCUT2D eigenvalue weighted by molar-refractivity contribution is 5.99. The number of aliphatic imine (C=N–C) groups is 1. The van der Waals surface area contributed by atoms with Crippen LogP contribution in [-0.2, 0) is 0 Å². The number of amidine groups is 1. The van der Waals surface area contributed by atoms with Crippen LogP contribution >= 0.6 is 0 Å². The summed E-state index contributed by atoms with van der Waals surface area (Å²) in [6.07, 6.45) is 17.3. The van der Waals surface area contributed by atoms with Gasteiger partial charge in [-0.05, 0) is 113 Å². The highest BCUT2D eigenvalue weighted by Crippen LogP contribution is 2.58. The number of hydrogen-bond acceptors (Lipinski definition) is 1. The summed E-state index contributed by atoms with van der Waals surface area (Å²) in [7, 11) is 0. The lowest BCUT2D eigenvalue weighted by Crippen LogP contribution is -2.60. The fraction of sp³-hybridized carbons (Fsp3) is 0.741. The van der Waals surface area contributed by atoms with Crippen LogP contribution in [0.25, 0.3) is 0 Å². The Bertz CT molecular complexity index is 752. The summed E-state index contributed by atoms with van der Waals surface area (Å²) < 4.78 is 0. The zero-order valence-corrected chi connectivity index (χ0v) is 17.8. The maximum Gasteiger partial charge on any atom is 0.129 e. The largest absolute Gasteiger partial charge is 0.364 e. The summed E-state index contributed by atoms with van der Waals surface area (Å²) in [6.45, 7) is 0.